The third kappa shape index (κ3) is 4.09. The number of hydrogen-bond acceptors (Lipinski definition) is 4. The minimum absolute atomic E-state index is 0.0529. The average molecular weight is 249 g/mol. The lowest BCUT2D eigenvalue weighted by Crippen LogP contribution is -2.36. The fraction of sp³-hybridized carbons (Fsp3) is 0.900. The molecular formula is C10H19NO4S. The molecule has 6 heteroatoms. The van der Waals surface area contributed by atoms with Crippen LogP contribution in [0.3, 0.4) is 0 Å². The molecular weight excluding hydrogens is 230 g/mol. The molecule has 0 aromatic carbocycles. The quantitative estimate of drug-likeness (QED) is 0.700. The van der Waals surface area contributed by atoms with Crippen molar-refractivity contribution >= 4 is 15.7 Å². The van der Waals surface area contributed by atoms with Gasteiger partial charge in [0.25, 0.3) is 0 Å². The second-order valence-electron chi connectivity index (χ2n) is 4.29. The zero-order valence-electron chi connectivity index (χ0n) is 9.48. The number of nitrogens with one attached hydrogen (secondary N) is 1. The van der Waals surface area contributed by atoms with E-state index in [0.29, 0.717) is 12.8 Å². The number of sulfone groups is 1. The molecule has 2 N–H and O–H groups in total. The number of carbonyl (C=O) groups is 1. The highest BCUT2D eigenvalue weighted by atomic mass is 32.2. The molecule has 1 saturated heterocycles. The van der Waals surface area contributed by atoms with Gasteiger partial charge in [0.15, 0.2) is 9.84 Å². The number of amides is 1. The summed E-state index contributed by atoms with van der Waals surface area (Å²) < 4.78 is 22.3. The Morgan fingerprint density at radius 2 is 2.25 bits per heavy atom. The second-order valence-corrected chi connectivity index (χ2v) is 6.52. The molecule has 1 aliphatic heterocycles. The minimum atomic E-state index is -3.01. The van der Waals surface area contributed by atoms with Gasteiger partial charge in [-0.2, -0.15) is 0 Å². The van der Waals surface area contributed by atoms with Crippen LogP contribution in [0.1, 0.15) is 26.2 Å². The summed E-state index contributed by atoms with van der Waals surface area (Å²) in [5, 5.41) is 12.0. The van der Waals surface area contributed by atoms with Crippen LogP contribution in [0.4, 0.5) is 0 Å². The summed E-state index contributed by atoms with van der Waals surface area (Å²) >= 11 is 0. The van der Waals surface area contributed by atoms with E-state index in [2.05, 4.69) is 5.32 Å². The Labute approximate surface area is 96.1 Å². The smallest absolute Gasteiger partial charge is 0.224 e. The van der Waals surface area contributed by atoms with Crippen molar-refractivity contribution in [3.8, 4) is 0 Å². The first-order chi connectivity index (χ1) is 7.44. The molecule has 16 heavy (non-hydrogen) atoms. The Hall–Kier alpha value is -0.620. The van der Waals surface area contributed by atoms with E-state index in [-0.39, 0.29) is 24.0 Å². The summed E-state index contributed by atoms with van der Waals surface area (Å²) in [7, 11) is -3.01. The Bertz CT molecular complexity index is 339. The topological polar surface area (TPSA) is 83.5 Å². The van der Waals surface area contributed by atoms with Gasteiger partial charge in [-0.05, 0) is 12.8 Å². The molecule has 5 nitrogen and oxygen atoms in total. The van der Waals surface area contributed by atoms with Crippen molar-refractivity contribution in [1.82, 2.24) is 5.32 Å². The van der Waals surface area contributed by atoms with E-state index in [1.807, 2.05) is 6.92 Å². The van der Waals surface area contributed by atoms with Crippen LogP contribution in [0.25, 0.3) is 0 Å². The largest absolute Gasteiger partial charge is 0.391 e. The standard InChI is InChI=1S/C10H19NO4S/c1-2-3-9(12)6-11-10(13)8-4-5-16(14,15)7-8/h8-9,12H,2-7H2,1H3,(H,11,13). The monoisotopic (exact) mass is 249 g/mol. The lowest BCUT2D eigenvalue weighted by atomic mass is 10.1. The first-order valence-corrected chi connectivity index (χ1v) is 7.43. The van der Waals surface area contributed by atoms with Crippen molar-refractivity contribution in [3.63, 3.8) is 0 Å². The first kappa shape index (κ1) is 13.4. The summed E-state index contributed by atoms with van der Waals surface area (Å²) in [5.41, 5.74) is 0. The van der Waals surface area contributed by atoms with Gasteiger partial charge in [-0.25, -0.2) is 8.42 Å². The van der Waals surface area contributed by atoms with Gasteiger partial charge in [-0.1, -0.05) is 13.3 Å². The van der Waals surface area contributed by atoms with Crippen molar-refractivity contribution in [3.05, 3.63) is 0 Å². The molecule has 1 rings (SSSR count). The summed E-state index contributed by atoms with van der Waals surface area (Å²) in [6, 6.07) is 0. The highest BCUT2D eigenvalue weighted by molar-refractivity contribution is 7.91. The van der Waals surface area contributed by atoms with Gasteiger partial charge in [0.05, 0.1) is 23.5 Å². The number of aliphatic hydroxyl groups excluding tert-OH is 1. The third-order valence-corrected chi connectivity index (χ3v) is 4.50. The Kier molecular flexibility index (Phi) is 4.73. The van der Waals surface area contributed by atoms with E-state index >= 15 is 0 Å². The van der Waals surface area contributed by atoms with E-state index in [1.54, 1.807) is 0 Å². The maximum absolute atomic E-state index is 11.6. The molecule has 1 amide bonds. The fourth-order valence-electron chi connectivity index (χ4n) is 1.80. The molecule has 2 unspecified atom stereocenters. The molecule has 1 heterocycles. The molecule has 0 aliphatic carbocycles. The van der Waals surface area contributed by atoms with Crippen molar-refractivity contribution in [2.24, 2.45) is 5.92 Å². The number of aliphatic hydroxyl groups is 1. The molecule has 0 spiro atoms. The minimum Gasteiger partial charge on any atom is -0.391 e. The van der Waals surface area contributed by atoms with Crippen molar-refractivity contribution in [2.75, 3.05) is 18.1 Å². The van der Waals surface area contributed by atoms with Crippen LogP contribution in [-0.4, -0.2) is 43.6 Å². The van der Waals surface area contributed by atoms with Gasteiger partial charge in [0.2, 0.25) is 5.91 Å². The molecule has 1 aliphatic rings. The van der Waals surface area contributed by atoms with Crippen molar-refractivity contribution < 1.29 is 18.3 Å². The van der Waals surface area contributed by atoms with Gasteiger partial charge in [0.1, 0.15) is 0 Å². The number of carbonyl (C=O) groups excluding carboxylic acids is 1. The predicted octanol–water partition coefficient (Wildman–Crippen LogP) is -0.302. The van der Waals surface area contributed by atoms with E-state index in [4.69, 9.17) is 0 Å². The van der Waals surface area contributed by atoms with Crippen molar-refractivity contribution in [2.45, 2.75) is 32.3 Å². The maximum atomic E-state index is 11.6. The average Bonchev–Trinajstić information content (AvgIpc) is 2.56. The predicted molar refractivity (Wildman–Crippen MR) is 60.7 cm³/mol. The second kappa shape index (κ2) is 5.63. The first-order valence-electron chi connectivity index (χ1n) is 5.61. The molecule has 0 radical (unpaired) electrons. The van der Waals surface area contributed by atoms with Crippen molar-refractivity contribution in [1.29, 1.82) is 0 Å². The molecule has 94 valence electrons. The summed E-state index contributed by atoms with van der Waals surface area (Å²) in [4.78, 5) is 11.6. The number of rotatable bonds is 5. The summed E-state index contributed by atoms with van der Waals surface area (Å²) in [5.74, 6) is -0.638. The van der Waals surface area contributed by atoms with E-state index < -0.39 is 21.9 Å². The van der Waals surface area contributed by atoms with E-state index in [0.717, 1.165) is 6.42 Å². The van der Waals surface area contributed by atoms with Crippen LogP contribution in [0, 0.1) is 5.92 Å². The molecule has 0 bridgehead atoms. The molecule has 0 aromatic heterocycles. The lowest BCUT2D eigenvalue weighted by molar-refractivity contribution is -0.124. The number of hydrogen-bond donors (Lipinski definition) is 2. The van der Waals surface area contributed by atoms with Crippen LogP contribution < -0.4 is 5.32 Å². The zero-order chi connectivity index (χ0) is 12.2. The third-order valence-electron chi connectivity index (χ3n) is 2.74. The Morgan fingerprint density at radius 3 is 2.75 bits per heavy atom. The van der Waals surface area contributed by atoms with Crippen LogP contribution >= 0.6 is 0 Å². The van der Waals surface area contributed by atoms with Gasteiger partial charge in [0, 0.05) is 6.54 Å². The maximum Gasteiger partial charge on any atom is 0.224 e. The van der Waals surface area contributed by atoms with E-state index in [1.165, 1.54) is 0 Å². The molecule has 1 fully saturated rings. The van der Waals surface area contributed by atoms with Gasteiger partial charge in [-0.15, -0.1) is 0 Å². The molecule has 0 aromatic rings. The summed E-state index contributed by atoms with van der Waals surface area (Å²) in [6.45, 7) is 2.16. The van der Waals surface area contributed by atoms with Crippen LogP contribution in [0.5, 0.6) is 0 Å². The van der Waals surface area contributed by atoms with Crippen LogP contribution in [-0.2, 0) is 14.6 Å². The lowest BCUT2D eigenvalue weighted by Gasteiger charge is -2.13. The Balaban J connectivity index is 2.31. The van der Waals surface area contributed by atoms with Gasteiger partial charge in [-0.3, -0.25) is 4.79 Å². The fourth-order valence-corrected chi connectivity index (χ4v) is 3.54. The van der Waals surface area contributed by atoms with E-state index in [9.17, 15) is 18.3 Å². The normalized spacial score (nSPS) is 25.2. The molecule has 0 saturated carbocycles. The Morgan fingerprint density at radius 1 is 1.56 bits per heavy atom. The van der Waals surface area contributed by atoms with Crippen LogP contribution in [0.2, 0.25) is 0 Å². The SMILES string of the molecule is CCCC(O)CNC(=O)C1CCS(=O)(=O)C1. The summed E-state index contributed by atoms with van der Waals surface area (Å²) in [6.07, 6.45) is 1.36. The zero-order valence-corrected chi connectivity index (χ0v) is 10.3. The molecule has 2 atom stereocenters. The van der Waals surface area contributed by atoms with Gasteiger partial charge < -0.3 is 10.4 Å². The van der Waals surface area contributed by atoms with Gasteiger partial charge >= 0.3 is 0 Å². The highest BCUT2D eigenvalue weighted by Gasteiger charge is 2.32. The highest BCUT2D eigenvalue weighted by Crippen LogP contribution is 2.18. The van der Waals surface area contributed by atoms with Crippen LogP contribution in [0.15, 0.2) is 0 Å².